The van der Waals surface area contributed by atoms with E-state index in [-0.39, 0.29) is 29.9 Å². The van der Waals surface area contributed by atoms with Crippen molar-refractivity contribution in [2.24, 2.45) is 5.73 Å². The molecular weight excluding hydrogens is 352 g/mol. The molecule has 1 fully saturated rings. The van der Waals surface area contributed by atoms with E-state index < -0.39 is 0 Å². The lowest BCUT2D eigenvalue weighted by molar-refractivity contribution is 0.0708. The summed E-state index contributed by atoms with van der Waals surface area (Å²) in [5.74, 6) is -0.104. The van der Waals surface area contributed by atoms with E-state index in [1.807, 2.05) is 18.2 Å². The van der Waals surface area contributed by atoms with Crippen LogP contribution < -0.4 is 11.3 Å². The predicted octanol–water partition coefficient (Wildman–Crippen LogP) is 2.57. The average Bonchev–Trinajstić information content (AvgIpc) is 2.64. The van der Waals surface area contributed by atoms with Gasteiger partial charge in [-0.05, 0) is 25.3 Å². The fourth-order valence-electron chi connectivity index (χ4n) is 3.31. The van der Waals surface area contributed by atoms with E-state index in [4.69, 9.17) is 5.73 Å². The monoisotopic (exact) mass is 378 g/mol. The number of hydrogen-bond acceptors (Lipinski definition) is 4. The molecule has 3 rings (SSSR count). The van der Waals surface area contributed by atoms with Crippen LogP contribution in [0.25, 0.3) is 10.8 Å². The second-order valence-corrected chi connectivity index (χ2v) is 6.76. The van der Waals surface area contributed by atoms with Gasteiger partial charge in [-0.25, -0.2) is 4.68 Å². The first kappa shape index (κ1) is 20.4. The number of carbonyl (C=O) groups excluding carboxylic acids is 1. The van der Waals surface area contributed by atoms with Crippen molar-refractivity contribution >= 4 is 29.1 Å². The first-order valence-corrected chi connectivity index (χ1v) is 9.16. The molecule has 2 heterocycles. The molecule has 0 spiro atoms. The van der Waals surface area contributed by atoms with Gasteiger partial charge >= 0.3 is 0 Å². The normalized spacial score (nSPS) is 15.1. The Kier molecular flexibility index (Phi) is 7.17. The Balaban J connectivity index is 0.00000243. The lowest BCUT2D eigenvalue weighted by Crippen LogP contribution is -2.43. The van der Waals surface area contributed by atoms with Crippen LogP contribution >= 0.6 is 12.4 Å². The van der Waals surface area contributed by atoms with Gasteiger partial charge in [-0.3, -0.25) is 9.59 Å². The second-order valence-electron chi connectivity index (χ2n) is 6.76. The third-order valence-electron chi connectivity index (χ3n) is 4.87. The summed E-state index contributed by atoms with van der Waals surface area (Å²) in [6.45, 7) is 3.95. The van der Waals surface area contributed by atoms with Gasteiger partial charge in [0.1, 0.15) is 0 Å². The molecule has 2 aromatic rings. The average molecular weight is 379 g/mol. The first-order chi connectivity index (χ1) is 12.1. The standard InChI is InChI=1S/C19H26N4O2.ClH/c1-2-3-6-11-23-18(24)16-8-5-4-7-15(16)17(21-23)19(25)22-12-9-14(20)10-13-22;/h4-5,7-8,14H,2-3,6,9-13,20H2,1H3;1H. The van der Waals surface area contributed by atoms with E-state index >= 15 is 0 Å². The minimum absolute atomic E-state index is 0. The summed E-state index contributed by atoms with van der Waals surface area (Å²) < 4.78 is 1.46. The molecular formula is C19H27ClN4O2. The smallest absolute Gasteiger partial charge is 0.274 e. The van der Waals surface area contributed by atoms with Crippen LogP contribution in [0, 0.1) is 0 Å². The molecule has 0 saturated carbocycles. The summed E-state index contributed by atoms with van der Waals surface area (Å²) >= 11 is 0. The Morgan fingerprint density at radius 3 is 2.50 bits per heavy atom. The number of piperidine rings is 1. The SMILES string of the molecule is CCCCCn1nc(C(=O)N2CCC(N)CC2)c2ccccc2c1=O.Cl. The minimum Gasteiger partial charge on any atom is -0.337 e. The van der Waals surface area contributed by atoms with Crippen molar-refractivity contribution in [1.29, 1.82) is 0 Å². The van der Waals surface area contributed by atoms with Crippen LogP contribution in [0.4, 0.5) is 0 Å². The van der Waals surface area contributed by atoms with Crippen molar-refractivity contribution in [2.75, 3.05) is 13.1 Å². The van der Waals surface area contributed by atoms with Crippen LogP contribution in [0.5, 0.6) is 0 Å². The number of aromatic nitrogens is 2. The highest BCUT2D eigenvalue weighted by molar-refractivity contribution is 6.04. The number of hydrogen-bond donors (Lipinski definition) is 1. The number of unbranched alkanes of at least 4 members (excludes halogenated alkanes) is 2. The van der Waals surface area contributed by atoms with Gasteiger partial charge in [0.2, 0.25) is 0 Å². The molecule has 1 saturated heterocycles. The zero-order chi connectivity index (χ0) is 17.8. The zero-order valence-corrected chi connectivity index (χ0v) is 16.0. The summed E-state index contributed by atoms with van der Waals surface area (Å²) in [7, 11) is 0. The molecule has 26 heavy (non-hydrogen) atoms. The highest BCUT2D eigenvalue weighted by atomic mass is 35.5. The molecule has 1 aromatic heterocycles. The number of likely N-dealkylation sites (tertiary alicyclic amines) is 1. The maximum absolute atomic E-state index is 13.0. The van der Waals surface area contributed by atoms with Crippen molar-refractivity contribution in [1.82, 2.24) is 14.7 Å². The van der Waals surface area contributed by atoms with E-state index in [1.54, 1.807) is 11.0 Å². The quantitative estimate of drug-likeness (QED) is 0.811. The van der Waals surface area contributed by atoms with Crippen molar-refractivity contribution in [3.8, 4) is 0 Å². The summed E-state index contributed by atoms with van der Waals surface area (Å²) in [6.07, 6.45) is 4.60. The molecule has 1 amide bonds. The molecule has 0 radical (unpaired) electrons. The topological polar surface area (TPSA) is 81.2 Å². The Hall–Kier alpha value is -1.92. The van der Waals surface area contributed by atoms with E-state index in [0.717, 1.165) is 32.1 Å². The number of nitrogens with two attached hydrogens (primary N) is 1. The van der Waals surface area contributed by atoms with E-state index in [0.29, 0.717) is 36.1 Å². The number of amides is 1. The summed E-state index contributed by atoms with van der Waals surface area (Å²) in [6, 6.07) is 7.42. The molecule has 0 bridgehead atoms. The Morgan fingerprint density at radius 1 is 1.19 bits per heavy atom. The largest absolute Gasteiger partial charge is 0.337 e. The van der Waals surface area contributed by atoms with Gasteiger partial charge in [0, 0.05) is 31.1 Å². The maximum Gasteiger partial charge on any atom is 0.274 e. The van der Waals surface area contributed by atoms with Crippen molar-refractivity contribution in [3.63, 3.8) is 0 Å². The number of benzene rings is 1. The number of rotatable bonds is 5. The molecule has 7 heteroatoms. The Morgan fingerprint density at radius 2 is 1.85 bits per heavy atom. The predicted molar refractivity (Wildman–Crippen MR) is 106 cm³/mol. The molecule has 2 N–H and O–H groups in total. The van der Waals surface area contributed by atoms with E-state index in [9.17, 15) is 9.59 Å². The van der Waals surface area contributed by atoms with Gasteiger partial charge in [-0.2, -0.15) is 5.10 Å². The lowest BCUT2D eigenvalue weighted by Gasteiger charge is -2.30. The number of aryl methyl sites for hydroxylation is 1. The van der Waals surface area contributed by atoms with Gasteiger partial charge in [0.25, 0.3) is 11.5 Å². The molecule has 1 aliphatic rings. The fourth-order valence-corrected chi connectivity index (χ4v) is 3.31. The summed E-state index contributed by atoms with van der Waals surface area (Å²) in [5.41, 5.74) is 6.19. The number of carbonyl (C=O) groups is 1. The van der Waals surface area contributed by atoms with Crippen molar-refractivity contribution in [3.05, 3.63) is 40.3 Å². The fraction of sp³-hybridized carbons (Fsp3) is 0.526. The van der Waals surface area contributed by atoms with Gasteiger partial charge in [-0.1, -0.05) is 38.0 Å². The lowest BCUT2D eigenvalue weighted by atomic mass is 10.0. The molecule has 0 unspecified atom stereocenters. The van der Waals surface area contributed by atoms with Crippen molar-refractivity contribution in [2.45, 2.75) is 51.6 Å². The first-order valence-electron chi connectivity index (χ1n) is 9.16. The zero-order valence-electron chi connectivity index (χ0n) is 15.2. The molecule has 1 aliphatic heterocycles. The molecule has 0 aliphatic carbocycles. The maximum atomic E-state index is 13.0. The van der Waals surface area contributed by atoms with Gasteiger partial charge < -0.3 is 10.6 Å². The molecule has 1 aromatic carbocycles. The van der Waals surface area contributed by atoms with Crippen LogP contribution in [0.1, 0.15) is 49.5 Å². The van der Waals surface area contributed by atoms with Crippen LogP contribution in [-0.2, 0) is 6.54 Å². The minimum atomic E-state index is -0.121. The van der Waals surface area contributed by atoms with E-state index in [2.05, 4.69) is 12.0 Å². The van der Waals surface area contributed by atoms with Gasteiger partial charge in [0.15, 0.2) is 5.69 Å². The summed E-state index contributed by atoms with van der Waals surface area (Å²) in [5, 5.41) is 5.65. The highest BCUT2D eigenvalue weighted by Crippen LogP contribution is 2.18. The van der Waals surface area contributed by atoms with Crippen LogP contribution in [-0.4, -0.2) is 39.7 Å². The van der Waals surface area contributed by atoms with Crippen molar-refractivity contribution < 1.29 is 4.79 Å². The van der Waals surface area contributed by atoms with Gasteiger partial charge in [-0.15, -0.1) is 12.4 Å². The Labute approximate surface area is 159 Å². The second kappa shape index (κ2) is 9.14. The van der Waals surface area contributed by atoms with Gasteiger partial charge in [0.05, 0.1) is 5.39 Å². The molecule has 142 valence electrons. The van der Waals surface area contributed by atoms with Crippen LogP contribution in [0.15, 0.2) is 29.1 Å². The number of halogens is 1. The third-order valence-corrected chi connectivity index (χ3v) is 4.87. The number of nitrogens with zero attached hydrogens (tertiary/aromatic N) is 3. The van der Waals surface area contributed by atoms with Crippen LogP contribution in [0.3, 0.4) is 0 Å². The Bertz CT molecular complexity index is 813. The van der Waals surface area contributed by atoms with E-state index in [1.165, 1.54) is 4.68 Å². The number of fused-ring (bicyclic) bond motifs is 1. The summed E-state index contributed by atoms with van der Waals surface area (Å²) in [4.78, 5) is 27.5. The highest BCUT2D eigenvalue weighted by Gasteiger charge is 2.25. The third kappa shape index (κ3) is 4.24. The molecule has 6 nitrogen and oxygen atoms in total. The molecule has 0 atom stereocenters. The van der Waals surface area contributed by atoms with Crippen LogP contribution in [0.2, 0.25) is 0 Å².